The molecule has 0 radical (unpaired) electrons. The molecule has 0 aliphatic carbocycles. The summed E-state index contributed by atoms with van der Waals surface area (Å²) in [5, 5.41) is 8.97. The van der Waals surface area contributed by atoms with E-state index in [4.69, 9.17) is 9.84 Å². The van der Waals surface area contributed by atoms with Crippen LogP contribution in [-0.4, -0.2) is 17.7 Å². The van der Waals surface area contributed by atoms with Crippen molar-refractivity contribution in [3.05, 3.63) is 29.3 Å². The van der Waals surface area contributed by atoms with Crippen molar-refractivity contribution in [1.82, 2.24) is 0 Å². The Hall–Kier alpha value is -1.51. The molecule has 0 fully saturated rings. The summed E-state index contributed by atoms with van der Waals surface area (Å²) in [4.78, 5) is 10.9. The van der Waals surface area contributed by atoms with E-state index in [0.29, 0.717) is 12.4 Å². The molecule has 0 amide bonds. The Morgan fingerprint density at radius 1 is 1.47 bits per heavy atom. The summed E-state index contributed by atoms with van der Waals surface area (Å²) in [7, 11) is 0. The number of unbranched alkanes of at least 4 members (excludes halogenated alkanes) is 1. The van der Waals surface area contributed by atoms with Crippen molar-refractivity contribution < 1.29 is 14.6 Å². The van der Waals surface area contributed by atoms with Crippen LogP contribution in [0.25, 0.3) is 0 Å². The Kier molecular flexibility index (Phi) is 4.16. The maximum atomic E-state index is 10.9. The van der Waals surface area contributed by atoms with Gasteiger partial charge < -0.3 is 9.84 Å². The minimum absolute atomic E-state index is 0.242. The molecule has 15 heavy (non-hydrogen) atoms. The molecule has 0 unspecified atom stereocenters. The van der Waals surface area contributed by atoms with Crippen LogP contribution in [0.1, 0.15) is 35.7 Å². The van der Waals surface area contributed by atoms with Crippen LogP contribution in [0, 0.1) is 6.92 Å². The molecule has 1 aromatic rings. The highest BCUT2D eigenvalue weighted by Gasteiger charge is 2.12. The van der Waals surface area contributed by atoms with Crippen molar-refractivity contribution in [2.45, 2.75) is 26.7 Å². The zero-order valence-electron chi connectivity index (χ0n) is 9.12. The Labute approximate surface area is 89.7 Å². The van der Waals surface area contributed by atoms with Gasteiger partial charge in [-0.2, -0.15) is 0 Å². The number of aromatic carboxylic acids is 1. The number of ether oxygens (including phenoxy) is 1. The number of aryl methyl sites for hydroxylation is 1. The maximum Gasteiger partial charge on any atom is 0.339 e. The lowest BCUT2D eigenvalue weighted by molar-refractivity contribution is 0.0692. The quantitative estimate of drug-likeness (QED) is 0.757. The minimum atomic E-state index is -0.940. The molecule has 0 heterocycles. The highest BCUT2D eigenvalue weighted by Crippen LogP contribution is 2.23. The van der Waals surface area contributed by atoms with E-state index in [-0.39, 0.29) is 5.56 Å². The van der Waals surface area contributed by atoms with Gasteiger partial charge in [-0.3, -0.25) is 0 Å². The second kappa shape index (κ2) is 5.39. The van der Waals surface area contributed by atoms with E-state index < -0.39 is 5.97 Å². The van der Waals surface area contributed by atoms with E-state index >= 15 is 0 Å². The molecule has 0 spiro atoms. The smallest absolute Gasteiger partial charge is 0.339 e. The van der Waals surface area contributed by atoms with Gasteiger partial charge in [-0.25, -0.2) is 4.79 Å². The maximum absolute atomic E-state index is 10.9. The van der Waals surface area contributed by atoms with Gasteiger partial charge in [0.15, 0.2) is 0 Å². The molecule has 0 aliphatic heterocycles. The summed E-state index contributed by atoms with van der Waals surface area (Å²) < 4.78 is 5.49. The molecular weight excluding hydrogens is 192 g/mol. The Morgan fingerprint density at radius 2 is 2.20 bits per heavy atom. The molecule has 3 nitrogen and oxygen atoms in total. The molecule has 82 valence electrons. The van der Waals surface area contributed by atoms with Gasteiger partial charge in [-0.15, -0.1) is 0 Å². The molecular formula is C12H16O3. The van der Waals surface area contributed by atoms with Gasteiger partial charge in [-0.1, -0.05) is 25.5 Å². The van der Waals surface area contributed by atoms with Gasteiger partial charge in [0, 0.05) is 0 Å². The van der Waals surface area contributed by atoms with E-state index in [9.17, 15) is 4.79 Å². The van der Waals surface area contributed by atoms with E-state index in [1.165, 1.54) is 0 Å². The van der Waals surface area contributed by atoms with Gasteiger partial charge >= 0.3 is 5.97 Å². The number of benzene rings is 1. The SMILES string of the molecule is CCCCOc1c(C)cccc1C(=O)O. The molecule has 0 bridgehead atoms. The molecule has 0 aliphatic rings. The Morgan fingerprint density at radius 3 is 2.80 bits per heavy atom. The van der Waals surface area contributed by atoms with Crippen LogP contribution >= 0.6 is 0 Å². The number of carboxylic acid groups (broad SMARTS) is 1. The second-order valence-electron chi connectivity index (χ2n) is 3.46. The zero-order chi connectivity index (χ0) is 11.3. The normalized spacial score (nSPS) is 10.0. The number of hydrogen-bond donors (Lipinski definition) is 1. The summed E-state index contributed by atoms with van der Waals surface area (Å²) in [5.41, 5.74) is 1.11. The predicted octanol–water partition coefficient (Wildman–Crippen LogP) is 2.87. The molecule has 1 aromatic carbocycles. The second-order valence-corrected chi connectivity index (χ2v) is 3.46. The van der Waals surface area contributed by atoms with Crippen LogP contribution in [0.15, 0.2) is 18.2 Å². The van der Waals surface area contributed by atoms with Crippen LogP contribution in [0.3, 0.4) is 0 Å². The summed E-state index contributed by atoms with van der Waals surface area (Å²) in [6.07, 6.45) is 1.97. The molecule has 3 heteroatoms. The van der Waals surface area contributed by atoms with Crippen molar-refractivity contribution >= 4 is 5.97 Å². The number of para-hydroxylation sites is 1. The number of carboxylic acids is 1. The highest BCUT2D eigenvalue weighted by atomic mass is 16.5. The molecule has 0 saturated carbocycles. The fourth-order valence-corrected chi connectivity index (χ4v) is 1.33. The first-order chi connectivity index (χ1) is 7.16. The highest BCUT2D eigenvalue weighted by molar-refractivity contribution is 5.91. The van der Waals surface area contributed by atoms with Gasteiger partial charge in [0.2, 0.25) is 0 Å². The van der Waals surface area contributed by atoms with Crippen LogP contribution in [-0.2, 0) is 0 Å². The largest absolute Gasteiger partial charge is 0.492 e. The Bertz CT molecular complexity index is 345. The third-order valence-corrected chi connectivity index (χ3v) is 2.19. The van der Waals surface area contributed by atoms with Gasteiger partial charge in [0.05, 0.1) is 6.61 Å². The fraction of sp³-hybridized carbons (Fsp3) is 0.417. The third-order valence-electron chi connectivity index (χ3n) is 2.19. The lowest BCUT2D eigenvalue weighted by atomic mass is 10.1. The number of rotatable bonds is 5. The van der Waals surface area contributed by atoms with Crippen molar-refractivity contribution in [3.8, 4) is 5.75 Å². The summed E-state index contributed by atoms with van der Waals surface area (Å²) in [6.45, 7) is 4.49. The molecule has 0 saturated heterocycles. The molecule has 1 rings (SSSR count). The predicted molar refractivity (Wildman–Crippen MR) is 58.5 cm³/mol. The monoisotopic (exact) mass is 208 g/mol. The van der Waals surface area contributed by atoms with Crippen molar-refractivity contribution in [2.75, 3.05) is 6.61 Å². The standard InChI is InChI=1S/C12H16O3/c1-3-4-8-15-11-9(2)6-5-7-10(11)12(13)14/h5-7H,3-4,8H2,1-2H3,(H,13,14). The van der Waals surface area contributed by atoms with Crippen LogP contribution < -0.4 is 4.74 Å². The van der Waals surface area contributed by atoms with Crippen LogP contribution in [0.5, 0.6) is 5.75 Å². The average Bonchev–Trinajstić information content (AvgIpc) is 2.20. The first-order valence-electron chi connectivity index (χ1n) is 5.12. The molecule has 0 atom stereocenters. The first-order valence-corrected chi connectivity index (χ1v) is 5.12. The van der Waals surface area contributed by atoms with E-state index in [0.717, 1.165) is 18.4 Å². The summed E-state index contributed by atoms with van der Waals surface area (Å²) in [5.74, 6) is -0.441. The lowest BCUT2D eigenvalue weighted by Gasteiger charge is -2.11. The lowest BCUT2D eigenvalue weighted by Crippen LogP contribution is -2.05. The van der Waals surface area contributed by atoms with E-state index in [1.54, 1.807) is 12.1 Å². The fourth-order valence-electron chi connectivity index (χ4n) is 1.33. The number of carbonyl (C=O) groups is 1. The van der Waals surface area contributed by atoms with Gasteiger partial charge in [0.25, 0.3) is 0 Å². The third kappa shape index (κ3) is 2.98. The Balaban J connectivity index is 2.87. The topological polar surface area (TPSA) is 46.5 Å². The van der Waals surface area contributed by atoms with E-state index in [2.05, 4.69) is 6.92 Å². The average molecular weight is 208 g/mol. The van der Waals surface area contributed by atoms with E-state index in [1.807, 2.05) is 13.0 Å². The zero-order valence-corrected chi connectivity index (χ0v) is 9.12. The van der Waals surface area contributed by atoms with Crippen LogP contribution in [0.4, 0.5) is 0 Å². The summed E-state index contributed by atoms with van der Waals surface area (Å²) in [6, 6.07) is 5.15. The molecule has 0 aromatic heterocycles. The van der Waals surface area contributed by atoms with Crippen molar-refractivity contribution in [3.63, 3.8) is 0 Å². The van der Waals surface area contributed by atoms with Crippen molar-refractivity contribution in [2.24, 2.45) is 0 Å². The van der Waals surface area contributed by atoms with Gasteiger partial charge in [0.1, 0.15) is 11.3 Å². The van der Waals surface area contributed by atoms with Crippen molar-refractivity contribution in [1.29, 1.82) is 0 Å². The molecule has 1 N–H and O–H groups in total. The van der Waals surface area contributed by atoms with Crippen LogP contribution in [0.2, 0.25) is 0 Å². The van der Waals surface area contributed by atoms with Gasteiger partial charge in [-0.05, 0) is 25.0 Å². The first kappa shape index (κ1) is 11.6. The summed E-state index contributed by atoms with van der Waals surface area (Å²) >= 11 is 0. The minimum Gasteiger partial charge on any atom is -0.492 e. The number of hydrogen-bond acceptors (Lipinski definition) is 2.